The summed E-state index contributed by atoms with van der Waals surface area (Å²) in [5.74, 6) is 0. The van der Waals surface area contributed by atoms with E-state index in [2.05, 4.69) is 65.8 Å². The molecule has 0 aliphatic carbocycles. The number of benzene rings is 1. The predicted octanol–water partition coefficient (Wildman–Crippen LogP) is 5.01. The maximum atomic E-state index is 4.84. The fourth-order valence-electron chi connectivity index (χ4n) is 2.57. The Labute approximate surface area is 117 Å². The summed E-state index contributed by atoms with van der Waals surface area (Å²) in [6.07, 6.45) is 3.04. The number of rotatable bonds is 0. The Hall–Kier alpha value is -1.37. The van der Waals surface area contributed by atoms with Crippen molar-refractivity contribution in [3.63, 3.8) is 0 Å². The third-order valence-corrected chi connectivity index (χ3v) is 3.66. The van der Waals surface area contributed by atoms with Crippen LogP contribution in [0.5, 0.6) is 0 Å². The van der Waals surface area contributed by atoms with Crippen molar-refractivity contribution in [3.8, 4) is 0 Å². The van der Waals surface area contributed by atoms with E-state index in [0.717, 1.165) is 6.42 Å². The molecule has 0 spiro atoms. The van der Waals surface area contributed by atoms with Gasteiger partial charge in [0.25, 0.3) is 0 Å². The Balaban J connectivity index is 2.62. The fraction of sp³-hybridized carbons (Fsp3) is 0.500. The van der Waals surface area contributed by atoms with Crippen molar-refractivity contribution in [2.45, 2.75) is 48.0 Å². The quantitative estimate of drug-likeness (QED) is 0.618. The summed E-state index contributed by atoms with van der Waals surface area (Å²) in [5.41, 5.74) is 5.58. The molecule has 0 bridgehead atoms. The first-order chi connectivity index (χ1) is 8.69. The molecule has 19 heavy (non-hydrogen) atoms. The van der Waals surface area contributed by atoms with Gasteiger partial charge in [0, 0.05) is 17.3 Å². The van der Waals surface area contributed by atoms with E-state index in [-0.39, 0.29) is 10.8 Å². The highest BCUT2D eigenvalue weighted by Crippen LogP contribution is 2.40. The van der Waals surface area contributed by atoms with E-state index in [1.807, 2.05) is 6.21 Å². The molecule has 1 aromatic rings. The van der Waals surface area contributed by atoms with E-state index >= 15 is 0 Å². The Bertz CT molecular complexity index is 534. The number of hydrogen-bond donors (Lipinski definition) is 0. The van der Waals surface area contributed by atoms with Crippen LogP contribution in [0.4, 0.5) is 0 Å². The molecule has 1 heterocycles. The summed E-state index contributed by atoms with van der Waals surface area (Å²) in [6, 6.07) is 8.59. The molecule has 1 aliphatic heterocycles. The van der Waals surface area contributed by atoms with Gasteiger partial charge >= 0.3 is 0 Å². The zero-order chi connectivity index (χ0) is 14.3. The van der Waals surface area contributed by atoms with Gasteiger partial charge in [0.2, 0.25) is 0 Å². The molecule has 2 rings (SSSR count). The van der Waals surface area contributed by atoms with Crippen LogP contribution in [0.3, 0.4) is 0 Å². The molecule has 0 radical (unpaired) electrons. The summed E-state index contributed by atoms with van der Waals surface area (Å²) >= 11 is 0. The van der Waals surface area contributed by atoms with Gasteiger partial charge < -0.3 is 0 Å². The lowest BCUT2D eigenvalue weighted by molar-refractivity contribution is 0.434. The molecular formula is C18H25N. The van der Waals surface area contributed by atoms with Crippen molar-refractivity contribution in [3.05, 3.63) is 46.7 Å². The van der Waals surface area contributed by atoms with Crippen molar-refractivity contribution < 1.29 is 0 Å². The van der Waals surface area contributed by atoms with Crippen LogP contribution in [0.15, 0.2) is 40.5 Å². The molecule has 102 valence electrons. The topological polar surface area (TPSA) is 12.4 Å². The summed E-state index contributed by atoms with van der Waals surface area (Å²) in [4.78, 5) is 4.84. The van der Waals surface area contributed by atoms with E-state index in [1.165, 1.54) is 22.4 Å². The van der Waals surface area contributed by atoms with E-state index in [9.17, 15) is 0 Å². The molecule has 0 saturated heterocycles. The van der Waals surface area contributed by atoms with Crippen LogP contribution >= 0.6 is 0 Å². The van der Waals surface area contributed by atoms with Crippen LogP contribution in [0.25, 0.3) is 0 Å². The lowest BCUT2D eigenvalue weighted by Crippen LogP contribution is -2.19. The second-order valence-electron chi connectivity index (χ2n) is 7.46. The fourth-order valence-corrected chi connectivity index (χ4v) is 2.57. The van der Waals surface area contributed by atoms with Crippen LogP contribution in [0, 0.1) is 10.8 Å². The lowest BCUT2D eigenvalue weighted by Gasteiger charge is -2.30. The predicted molar refractivity (Wildman–Crippen MR) is 83.7 cm³/mol. The molecule has 1 heteroatoms. The van der Waals surface area contributed by atoms with Crippen molar-refractivity contribution in [1.82, 2.24) is 0 Å². The van der Waals surface area contributed by atoms with Gasteiger partial charge in [-0.05, 0) is 28.5 Å². The minimum atomic E-state index is 0.0845. The number of fused-ring (bicyclic) bond motifs is 1. The molecule has 0 fully saturated rings. The van der Waals surface area contributed by atoms with Gasteiger partial charge in [-0.15, -0.1) is 0 Å². The number of allylic oxidation sites excluding steroid dienone is 2. The van der Waals surface area contributed by atoms with Crippen molar-refractivity contribution in [2.75, 3.05) is 0 Å². The van der Waals surface area contributed by atoms with E-state index in [1.54, 1.807) is 0 Å². The van der Waals surface area contributed by atoms with E-state index < -0.39 is 0 Å². The van der Waals surface area contributed by atoms with Gasteiger partial charge in [-0.2, -0.15) is 0 Å². The van der Waals surface area contributed by atoms with Gasteiger partial charge in [-0.3, -0.25) is 4.99 Å². The Morgan fingerprint density at radius 3 is 2.11 bits per heavy atom. The largest absolute Gasteiger partial charge is 0.260 e. The third kappa shape index (κ3) is 2.97. The molecule has 1 aliphatic rings. The maximum absolute atomic E-state index is 4.84. The highest BCUT2D eigenvalue weighted by Gasteiger charge is 2.29. The monoisotopic (exact) mass is 255 g/mol. The van der Waals surface area contributed by atoms with Crippen LogP contribution in [-0.2, 0) is 6.42 Å². The van der Waals surface area contributed by atoms with Gasteiger partial charge in [0.05, 0.1) is 0 Å². The second kappa shape index (κ2) is 4.63. The highest BCUT2D eigenvalue weighted by atomic mass is 14.8. The average Bonchev–Trinajstić information content (AvgIpc) is 2.46. The summed E-state index contributed by atoms with van der Waals surface area (Å²) in [7, 11) is 0. The maximum Gasteiger partial charge on any atom is 0.0457 e. The summed E-state index contributed by atoms with van der Waals surface area (Å²) in [6.45, 7) is 13.6. The smallest absolute Gasteiger partial charge is 0.0457 e. The van der Waals surface area contributed by atoms with Crippen molar-refractivity contribution in [2.24, 2.45) is 15.8 Å². The number of hydrogen-bond acceptors (Lipinski definition) is 1. The number of aliphatic imine (C=N–C) groups is 1. The van der Waals surface area contributed by atoms with Crippen LogP contribution in [0.1, 0.15) is 52.7 Å². The molecule has 1 aromatic carbocycles. The van der Waals surface area contributed by atoms with Gasteiger partial charge in [0.1, 0.15) is 0 Å². The van der Waals surface area contributed by atoms with Crippen molar-refractivity contribution in [1.29, 1.82) is 0 Å². The second-order valence-corrected chi connectivity index (χ2v) is 7.46. The Morgan fingerprint density at radius 1 is 0.895 bits per heavy atom. The third-order valence-electron chi connectivity index (χ3n) is 3.66. The van der Waals surface area contributed by atoms with E-state index in [0.29, 0.717) is 0 Å². The Kier molecular flexibility index (Phi) is 3.42. The first-order valence-corrected chi connectivity index (χ1v) is 7.05. The SMILES string of the molecule is CC(C)(C)C1=C(C(C)(C)C)N=Cc2ccccc2C1. The molecule has 1 nitrogen and oxygen atoms in total. The average molecular weight is 255 g/mol. The molecule has 0 amide bonds. The zero-order valence-corrected chi connectivity index (χ0v) is 13.0. The van der Waals surface area contributed by atoms with Crippen LogP contribution in [0.2, 0.25) is 0 Å². The first kappa shape index (κ1) is 14.0. The summed E-state index contributed by atoms with van der Waals surface area (Å²) in [5, 5.41) is 0. The minimum Gasteiger partial charge on any atom is -0.260 e. The van der Waals surface area contributed by atoms with Gasteiger partial charge in [0.15, 0.2) is 0 Å². The van der Waals surface area contributed by atoms with Gasteiger partial charge in [-0.1, -0.05) is 65.8 Å². The highest BCUT2D eigenvalue weighted by molar-refractivity contribution is 5.83. The zero-order valence-electron chi connectivity index (χ0n) is 13.0. The number of nitrogens with zero attached hydrogens (tertiary/aromatic N) is 1. The Morgan fingerprint density at radius 2 is 1.53 bits per heavy atom. The lowest BCUT2D eigenvalue weighted by atomic mass is 9.76. The molecule has 0 aromatic heterocycles. The summed E-state index contributed by atoms with van der Waals surface area (Å²) < 4.78 is 0. The van der Waals surface area contributed by atoms with Gasteiger partial charge in [-0.25, -0.2) is 0 Å². The molecule has 0 unspecified atom stereocenters. The molecule has 0 N–H and O–H groups in total. The van der Waals surface area contributed by atoms with E-state index in [4.69, 9.17) is 4.99 Å². The van der Waals surface area contributed by atoms with Crippen LogP contribution in [-0.4, -0.2) is 6.21 Å². The molecule has 0 atom stereocenters. The standard InChI is InChI=1S/C18H25N/c1-17(2,3)15-11-13-9-7-8-10-14(13)12-19-16(15)18(4,5)6/h7-10,12H,11H2,1-6H3. The normalized spacial score (nSPS) is 16.3. The van der Waals surface area contributed by atoms with Crippen molar-refractivity contribution >= 4 is 6.21 Å². The minimum absolute atomic E-state index is 0.0845. The van der Waals surface area contributed by atoms with Crippen LogP contribution < -0.4 is 0 Å². The molecular weight excluding hydrogens is 230 g/mol. The first-order valence-electron chi connectivity index (χ1n) is 7.05. The molecule has 0 saturated carbocycles.